The molecule has 1 aliphatic rings. The van der Waals surface area contributed by atoms with E-state index in [-0.39, 0.29) is 23.4 Å². The number of H-pyrrole nitrogens is 1. The van der Waals surface area contributed by atoms with Crippen molar-refractivity contribution in [2.45, 2.75) is 12.5 Å². The summed E-state index contributed by atoms with van der Waals surface area (Å²) in [6.45, 7) is 1.29. The lowest BCUT2D eigenvalue weighted by atomic mass is 10.1. The summed E-state index contributed by atoms with van der Waals surface area (Å²) in [6.07, 6.45) is 4.26. The average Bonchev–Trinajstić information content (AvgIpc) is 3.48. The van der Waals surface area contributed by atoms with Crippen LogP contribution in [-0.2, 0) is 4.74 Å². The highest BCUT2D eigenvalue weighted by molar-refractivity contribution is 5.94. The first-order chi connectivity index (χ1) is 15.5. The molecule has 1 aliphatic heterocycles. The number of benzene rings is 2. The molecule has 4 aromatic rings. The molecule has 1 amide bonds. The maximum atomic E-state index is 13.6. The molecule has 0 saturated carbocycles. The Morgan fingerprint density at radius 3 is 2.75 bits per heavy atom. The van der Waals surface area contributed by atoms with E-state index in [0.717, 1.165) is 12.1 Å². The van der Waals surface area contributed by atoms with E-state index < -0.39 is 0 Å². The fourth-order valence-corrected chi connectivity index (χ4v) is 4.04. The molecule has 0 unspecified atom stereocenters. The quantitative estimate of drug-likeness (QED) is 0.536. The molecule has 0 bridgehead atoms. The number of pyridine rings is 1. The molecule has 3 heterocycles. The maximum absolute atomic E-state index is 13.6. The predicted octanol–water partition coefficient (Wildman–Crippen LogP) is 3.38. The Bertz CT molecular complexity index is 1360. The second kappa shape index (κ2) is 8.05. The highest BCUT2D eigenvalue weighted by atomic mass is 19.1. The number of carbonyl (C=O) groups is 1. The number of aromatic amines is 1. The van der Waals surface area contributed by atoms with Gasteiger partial charge in [-0.25, -0.2) is 9.07 Å². The molecule has 1 saturated heterocycles. The molecular formula is C24H21FN4O3. The van der Waals surface area contributed by atoms with E-state index in [2.05, 4.69) is 10.1 Å². The van der Waals surface area contributed by atoms with Crippen LogP contribution in [-0.4, -0.2) is 51.9 Å². The fraction of sp³-hybridized carbons (Fsp3) is 0.208. The van der Waals surface area contributed by atoms with Gasteiger partial charge < -0.3 is 14.6 Å². The number of amides is 1. The van der Waals surface area contributed by atoms with Crippen LogP contribution in [0.3, 0.4) is 0 Å². The van der Waals surface area contributed by atoms with Crippen LogP contribution in [0.5, 0.6) is 0 Å². The molecule has 1 atom stereocenters. The van der Waals surface area contributed by atoms with E-state index in [1.807, 2.05) is 12.1 Å². The predicted molar refractivity (Wildman–Crippen MR) is 118 cm³/mol. The highest BCUT2D eigenvalue weighted by Gasteiger charge is 2.26. The van der Waals surface area contributed by atoms with Gasteiger partial charge >= 0.3 is 0 Å². The maximum Gasteiger partial charge on any atom is 0.256 e. The number of hydrogen-bond acceptors (Lipinski definition) is 4. The summed E-state index contributed by atoms with van der Waals surface area (Å²) in [6, 6.07) is 13.1. The van der Waals surface area contributed by atoms with Gasteiger partial charge in [0.1, 0.15) is 5.82 Å². The van der Waals surface area contributed by atoms with Gasteiger partial charge in [0.15, 0.2) is 0 Å². The third-order valence-electron chi connectivity index (χ3n) is 5.84. The van der Waals surface area contributed by atoms with Crippen molar-refractivity contribution >= 4 is 16.8 Å². The number of fused-ring (bicyclic) bond motifs is 1. The third kappa shape index (κ3) is 3.69. The van der Waals surface area contributed by atoms with Crippen LogP contribution in [0.2, 0.25) is 0 Å². The van der Waals surface area contributed by atoms with E-state index in [1.165, 1.54) is 12.1 Å². The molecular weight excluding hydrogens is 411 g/mol. The topological polar surface area (TPSA) is 80.2 Å². The van der Waals surface area contributed by atoms with E-state index in [4.69, 9.17) is 4.74 Å². The molecule has 8 heteroatoms. The summed E-state index contributed by atoms with van der Waals surface area (Å²) in [5, 5.41) is 4.96. The second-order valence-corrected chi connectivity index (χ2v) is 7.86. The van der Waals surface area contributed by atoms with Gasteiger partial charge in [0.25, 0.3) is 11.5 Å². The van der Waals surface area contributed by atoms with E-state index in [9.17, 15) is 14.0 Å². The van der Waals surface area contributed by atoms with E-state index >= 15 is 0 Å². The van der Waals surface area contributed by atoms with Crippen LogP contribution in [0.4, 0.5) is 4.39 Å². The van der Waals surface area contributed by atoms with Crippen molar-refractivity contribution in [3.05, 3.63) is 82.7 Å². The largest absolute Gasteiger partial charge is 0.380 e. The summed E-state index contributed by atoms with van der Waals surface area (Å²) in [7, 11) is 1.66. The highest BCUT2D eigenvalue weighted by Crippen LogP contribution is 2.22. The van der Waals surface area contributed by atoms with Crippen molar-refractivity contribution in [1.29, 1.82) is 0 Å². The molecule has 1 N–H and O–H groups in total. The molecule has 7 nitrogen and oxygen atoms in total. The Hall–Kier alpha value is -3.78. The van der Waals surface area contributed by atoms with Crippen LogP contribution < -0.4 is 5.56 Å². The molecule has 0 radical (unpaired) electrons. The van der Waals surface area contributed by atoms with Gasteiger partial charge in [-0.15, -0.1) is 0 Å². The summed E-state index contributed by atoms with van der Waals surface area (Å²) in [4.78, 5) is 29.8. The van der Waals surface area contributed by atoms with Crippen molar-refractivity contribution in [3.63, 3.8) is 0 Å². The van der Waals surface area contributed by atoms with Crippen LogP contribution >= 0.6 is 0 Å². The van der Waals surface area contributed by atoms with Gasteiger partial charge in [-0.3, -0.25) is 9.59 Å². The number of ether oxygens (including phenoxy) is 1. The molecule has 32 heavy (non-hydrogen) atoms. The van der Waals surface area contributed by atoms with E-state index in [1.54, 1.807) is 53.4 Å². The zero-order valence-electron chi connectivity index (χ0n) is 17.4. The van der Waals surface area contributed by atoms with Crippen LogP contribution in [0, 0.1) is 5.82 Å². The van der Waals surface area contributed by atoms with Crippen molar-refractivity contribution in [1.82, 2.24) is 19.7 Å². The molecule has 0 aliphatic carbocycles. The van der Waals surface area contributed by atoms with Crippen LogP contribution in [0.25, 0.3) is 27.7 Å². The summed E-state index contributed by atoms with van der Waals surface area (Å²) in [5.41, 5.74) is 2.67. The monoisotopic (exact) mass is 432 g/mol. The van der Waals surface area contributed by atoms with Gasteiger partial charge in [0, 0.05) is 48.4 Å². The number of rotatable bonds is 4. The smallest absolute Gasteiger partial charge is 0.256 e. The average molecular weight is 432 g/mol. The number of methoxy groups -OCH3 is 1. The lowest BCUT2D eigenvalue weighted by molar-refractivity contribution is 0.0724. The van der Waals surface area contributed by atoms with Gasteiger partial charge in [-0.05, 0) is 55.0 Å². The zero-order valence-corrected chi connectivity index (χ0v) is 17.4. The SMILES string of the molecule is CO[C@@H]1CCN(C(=O)c2ccc(-n3cc(-c4cc5cc(F)ccc5[nH]c4=O)cn3)cc2)C1. The normalized spacial score (nSPS) is 16.1. The van der Waals surface area contributed by atoms with Gasteiger partial charge in [-0.2, -0.15) is 5.10 Å². The standard InChI is InChI=1S/C24H21FN4O3/c1-32-20-8-9-28(14-20)24(31)15-2-5-19(6-3-15)29-13-17(12-26-29)21-11-16-10-18(25)4-7-22(16)27-23(21)30/h2-7,10-13,20H,8-9,14H2,1H3,(H,27,30)/t20-/m1/s1. The van der Waals surface area contributed by atoms with Crippen molar-refractivity contribution in [2.75, 3.05) is 20.2 Å². The fourth-order valence-electron chi connectivity index (χ4n) is 4.04. The van der Waals surface area contributed by atoms with Crippen molar-refractivity contribution in [2.24, 2.45) is 0 Å². The van der Waals surface area contributed by atoms with Crippen LogP contribution in [0.1, 0.15) is 16.8 Å². The minimum atomic E-state index is -0.368. The number of aromatic nitrogens is 3. The minimum absolute atomic E-state index is 0.0211. The van der Waals surface area contributed by atoms with Gasteiger partial charge in [-0.1, -0.05) is 0 Å². The molecule has 1 fully saturated rings. The third-order valence-corrected chi connectivity index (χ3v) is 5.84. The molecule has 5 rings (SSSR count). The molecule has 2 aromatic heterocycles. The number of carbonyl (C=O) groups excluding carboxylic acids is 1. The van der Waals surface area contributed by atoms with E-state index in [0.29, 0.717) is 40.7 Å². The van der Waals surface area contributed by atoms with Crippen molar-refractivity contribution in [3.8, 4) is 16.8 Å². The number of hydrogen-bond donors (Lipinski definition) is 1. The first-order valence-electron chi connectivity index (χ1n) is 10.3. The second-order valence-electron chi connectivity index (χ2n) is 7.86. The Balaban J connectivity index is 1.39. The minimum Gasteiger partial charge on any atom is -0.380 e. The lowest BCUT2D eigenvalue weighted by Crippen LogP contribution is -2.29. The molecule has 0 spiro atoms. The summed E-state index contributed by atoms with van der Waals surface area (Å²) < 4.78 is 20.5. The number of nitrogens with zero attached hydrogens (tertiary/aromatic N) is 3. The number of likely N-dealkylation sites (tertiary alicyclic amines) is 1. The first kappa shape index (κ1) is 20.1. The zero-order chi connectivity index (χ0) is 22.2. The first-order valence-corrected chi connectivity index (χ1v) is 10.3. The van der Waals surface area contributed by atoms with Gasteiger partial charge in [0.2, 0.25) is 0 Å². The Morgan fingerprint density at radius 1 is 1.19 bits per heavy atom. The lowest BCUT2D eigenvalue weighted by Gasteiger charge is -2.16. The van der Waals surface area contributed by atoms with Gasteiger partial charge in [0.05, 0.1) is 23.6 Å². The number of halogens is 1. The Labute approximate surface area is 183 Å². The summed E-state index contributed by atoms with van der Waals surface area (Å²) in [5.74, 6) is -0.389. The Morgan fingerprint density at radius 2 is 2.00 bits per heavy atom. The molecule has 162 valence electrons. The summed E-state index contributed by atoms with van der Waals surface area (Å²) >= 11 is 0. The molecule has 2 aromatic carbocycles. The number of nitrogens with one attached hydrogen (secondary N) is 1. The Kier molecular flexibility index (Phi) is 5.07. The van der Waals surface area contributed by atoms with Crippen molar-refractivity contribution < 1.29 is 13.9 Å². The van der Waals surface area contributed by atoms with Crippen LogP contribution in [0.15, 0.2) is 65.7 Å².